The maximum atomic E-state index is 12.1. The van der Waals surface area contributed by atoms with Gasteiger partial charge in [-0.2, -0.15) is 11.8 Å². The molecule has 0 amide bonds. The summed E-state index contributed by atoms with van der Waals surface area (Å²) in [6.07, 6.45) is 0.443. The Bertz CT molecular complexity index is 374. The van der Waals surface area contributed by atoms with Crippen molar-refractivity contribution in [2.24, 2.45) is 0 Å². The Kier molecular flexibility index (Phi) is 4.93. The molecule has 18 heavy (non-hydrogen) atoms. The predicted molar refractivity (Wildman–Crippen MR) is 74.6 cm³/mol. The third-order valence-corrected chi connectivity index (χ3v) is 6.99. The number of thioether (sulfide) groups is 1. The molecule has 2 heterocycles. The molecule has 0 radical (unpaired) electrons. The lowest BCUT2D eigenvalue weighted by Crippen LogP contribution is -2.51. The van der Waals surface area contributed by atoms with Gasteiger partial charge in [0.25, 0.3) is 0 Å². The van der Waals surface area contributed by atoms with Gasteiger partial charge in [-0.15, -0.1) is 0 Å². The molecule has 106 valence electrons. The molecule has 0 aromatic rings. The maximum Gasteiger partial charge on any atom is 0.166 e. The highest BCUT2D eigenvalue weighted by atomic mass is 32.2. The summed E-state index contributed by atoms with van der Waals surface area (Å²) < 4.78 is 24.2. The van der Waals surface area contributed by atoms with Crippen molar-refractivity contribution in [3.63, 3.8) is 0 Å². The zero-order valence-electron chi connectivity index (χ0n) is 10.7. The fraction of sp³-hybridized carbons (Fsp3) is 1.00. The average Bonchev–Trinajstić information content (AvgIpc) is 2.75. The van der Waals surface area contributed by atoms with Gasteiger partial charge in [-0.25, -0.2) is 8.42 Å². The zero-order valence-corrected chi connectivity index (χ0v) is 12.3. The van der Waals surface area contributed by atoms with Gasteiger partial charge in [-0.05, 0) is 6.42 Å². The summed E-state index contributed by atoms with van der Waals surface area (Å²) in [4.78, 5) is 2.07. The van der Waals surface area contributed by atoms with Gasteiger partial charge in [0.15, 0.2) is 9.84 Å². The normalized spacial score (nSPS) is 34.9. The zero-order chi connectivity index (χ0) is 13.2. The van der Waals surface area contributed by atoms with Crippen molar-refractivity contribution in [3.8, 4) is 0 Å². The lowest BCUT2D eigenvalue weighted by molar-refractivity contribution is 0.186. The molecule has 3 atom stereocenters. The molecule has 0 spiro atoms. The Morgan fingerprint density at radius 2 is 2.28 bits per heavy atom. The molecular weight excluding hydrogens is 272 g/mol. The number of aliphatic hydroxyl groups excluding tert-OH is 1. The third kappa shape index (κ3) is 3.39. The molecular formula is C11H22N2O3S2. The summed E-state index contributed by atoms with van der Waals surface area (Å²) in [5.74, 6) is 1.87. The Labute approximate surface area is 113 Å². The highest BCUT2D eigenvalue weighted by Gasteiger charge is 2.35. The van der Waals surface area contributed by atoms with Crippen LogP contribution < -0.4 is 5.32 Å². The standard InChI is InChI=1S/C11H22N2O3S2/c1-2-18(15,16)11-8-17-4-3-13(11)7-9-5-10(14)6-12-9/h9-12,14H,2-8H2,1H3. The van der Waals surface area contributed by atoms with Gasteiger partial charge in [0.05, 0.1) is 6.10 Å². The van der Waals surface area contributed by atoms with Gasteiger partial charge in [0.1, 0.15) is 5.37 Å². The highest BCUT2D eigenvalue weighted by Crippen LogP contribution is 2.22. The van der Waals surface area contributed by atoms with Gasteiger partial charge in [0.2, 0.25) is 0 Å². The number of sulfone groups is 1. The minimum atomic E-state index is -3.01. The fourth-order valence-electron chi connectivity index (χ4n) is 2.57. The average molecular weight is 294 g/mol. The van der Waals surface area contributed by atoms with Crippen LogP contribution in [0.3, 0.4) is 0 Å². The smallest absolute Gasteiger partial charge is 0.166 e. The first-order chi connectivity index (χ1) is 8.53. The number of rotatable bonds is 4. The van der Waals surface area contributed by atoms with Crippen LogP contribution in [-0.4, -0.2) is 72.8 Å². The maximum absolute atomic E-state index is 12.1. The summed E-state index contributed by atoms with van der Waals surface area (Å²) in [7, 11) is -3.01. The van der Waals surface area contributed by atoms with Crippen molar-refractivity contribution in [3.05, 3.63) is 0 Å². The molecule has 0 aliphatic carbocycles. The van der Waals surface area contributed by atoms with E-state index in [1.165, 1.54) is 0 Å². The van der Waals surface area contributed by atoms with Crippen LogP contribution in [0.2, 0.25) is 0 Å². The quantitative estimate of drug-likeness (QED) is 0.730. The summed E-state index contributed by atoms with van der Waals surface area (Å²) in [6, 6.07) is 0.220. The molecule has 2 aliphatic heterocycles. The van der Waals surface area contributed by atoms with Crippen molar-refractivity contribution in [1.82, 2.24) is 10.2 Å². The minimum absolute atomic E-state index is 0.204. The van der Waals surface area contributed by atoms with Crippen molar-refractivity contribution in [1.29, 1.82) is 0 Å². The molecule has 3 unspecified atom stereocenters. The van der Waals surface area contributed by atoms with E-state index in [1.54, 1.807) is 18.7 Å². The molecule has 2 aliphatic rings. The van der Waals surface area contributed by atoms with Gasteiger partial charge in [-0.3, -0.25) is 4.90 Å². The molecule has 2 rings (SSSR count). The summed E-state index contributed by atoms with van der Waals surface area (Å²) >= 11 is 1.72. The molecule has 0 saturated carbocycles. The Balaban J connectivity index is 2.00. The van der Waals surface area contributed by atoms with Gasteiger partial charge < -0.3 is 10.4 Å². The Morgan fingerprint density at radius 3 is 2.89 bits per heavy atom. The molecule has 0 bridgehead atoms. The van der Waals surface area contributed by atoms with E-state index >= 15 is 0 Å². The minimum Gasteiger partial charge on any atom is -0.392 e. The first-order valence-electron chi connectivity index (χ1n) is 6.47. The van der Waals surface area contributed by atoms with E-state index in [4.69, 9.17) is 0 Å². The molecule has 2 saturated heterocycles. The van der Waals surface area contributed by atoms with Crippen LogP contribution in [0.15, 0.2) is 0 Å². The molecule has 5 nitrogen and oxygen atoms in total. The van der Waals surface area contributed by atoms with E-state index in [2.05, 4.69) is 10.2 Å². The SMILES string of the molecule is CCS(=O)(=O)C1CSCCN1CC1CC(O)CN1. The van der Waals surface area contributed by atoms with Gasteiger partial charge in [0, 0.05) is 42.9 Å². The fourth-order valence-corrected chi connectivity index (χ4v) is 5.66. The van der Waals surface area contributed by atoms with E-state index in [0.717, 1.165) is 25.3 Å². The van der Waals surface area contributed by atoms with E-state index in [9.17, 15) is 13.5 Å². The second-order valence-electron chi connectivity index (χ2n) is 4.97. The Morgan fingerprint density at radius 1 is 1.50 bits per heavy atom. The van der Waals surface area contributed by atoms with Crippen molar-refractivity contribution in [2.75, 3.05) is 36.9 Å². The largest absolute Gasteiger partial charge is 0.392 e. The molecule has 2 N–H and O–H groups in total. The van der Waals surface area contributed by atoms with Crippen molar-refractivity contribution >= 4 is 21.6 Å². The van der Waals surface area contributed by atoms with Crippen LogP contribution in [0, 0.1) is 0 Å². The lowest BCUT2D eigenvalue weighted by Gasteiger charge is -2.36. The number of hydrogen-bond acceptors (Lipinski definition) is 6. The number of β-amino-alcohol motifs (C(OH)–C–C–N with tert-alkyl or cyclic N) is 1. The molecule has 7 heteroatoms. The van der Waals surface area contributed by atoms with Crippen LogP contribution in [0.5, 0.6) is 0 Å². The predicted octanol–water partition coefficient (Wildman–Crippen LogP) is -0.481. The molecule has 0 aromatic carbocycles. The van der Waals surface area contributed by atoms with E-state index in [-0.39, 0.29) is 23.3 Å². The topological polar surface area (TPSA) is 69.6 Å². The number of hydrogen-bond donors (Lipinski definition) is 2. The first kappa shape index (κ1) is 14.6. The van der Waals surface area contributed by atoms with Crippen LogP contribution >= 0.6 is 11.8 Å². The lowest BCUT2D eigenvalue weighted by atomic mass is 10.2. The molecule has 0 aromatic heterocycles. The van der Waals surface area contributed by atoms with E-state index in [0.29, 0.717) is 12.3 Å². The van der Waals surface area contributed by atoms with Crippen molar-refractivity contribution in [2.45, 2.75) is 30.9 Å². The van der Waals surface area contributed by atoms with E-state index in [1.807, 2.05) is 0 Å². The number of nitrogens with one attached hydrogen (secondary N) is 1. The van der Waals surface area contributed by atoms with Crippen LogP contribution in [-0.2, 0) is 9.84 Å². The van der Waals surface area contributed by atoms with Gasteiger partial charge in [-0.1, -0.05) is 6.92 Å². The Hall–Kier alpha value is 0.180. The summed E-state index contributed by atoms with van der Waals surface area (Å²) in [5, 5.41) is 12.4. The van der Waals surface area contributed by atoms with Crippen LogP contribution in [0.1, 0.15) is 13.3 Å². The van der Waals surface area contributed by atoms with Crippen LogP contribution in [0.25, 0.3) is 0 Å². The summed E-state index contributed by atoms with van der Waals surface area (Å²) in [5.41, 5.74) is 0. The second-order valence-corrected chi connectivity index (χ2v) is 8.57. The second kappa shape index (κ2) is 6.09. The number of aliphatic hydroxyl groups is 1. The first-order valence-corrected chi connectivity index (χ1v) is 9.34. The number of nitrogens with zero attached hydrogens (tertiary/aromatic N) is 1. The third-order valence-electron chi connectivity index (χ3n) is 3.66. The van der Waals surface area contributed by atoms with Gasteiger partial charge >= 0.3 is 0 Å². The van der Waals surface area contributed by atoms with E-state index < -0.39 is 9.84 Å². The van der Waals surface area contributed by atoms with Crippen molar-refractivity contribution < 1.29 is 13.5 Å². The monoisotopic (exact) mass is 294 g/mol. The highest BCUT2D eigenvalue weighted by molar-refractivity contribution is 8.01. The molecule has 2 fully saturated rings. The van der Waals surface area contributed by atoms with Crippen LogP contribution in [0.4, 0.5) is 0 Å². The summed E-state index contributed by atoms with van der Waals surface area (Å²) in [6.45, 7) is 3.88.